The van der Waals surface area contributed by atoms with Gasteiger partial charge in [0.15, 0.2) is 0 Å². The third kappa shape index (κ3) is 6.98. The molecule has 2 rings (SSSR count). The van der Waals surface area contributed by atoms with Crippen molar-refractivity contribution < 1.29 is 14.6 Å². The molecule has 0 amide bonds. The molecule has 0 aliphatic heterocycles. The number of aliphatic carboxylic acids is 1. The maximum absolute atomic E-state index is 11.5. The summed E-state index contributed by atoms with van der Waals surface area (Å²) < 4.78 is 5.70. The first kappa shape index (κ1) is 19.0. The first-order chi connectivity index (χ1) is 12.0. The van der Waals surface area contributed by atoms with Crippen LogP contribution in [-0.2, 0) is 17.8 Å². The van der Waals surface area contributed by atoms with Crippen LogP contribution in [-0.4, -0.2) is 23.7 Å². The van der Waals surface area contributed by atoms with Crippen LogP contribution in [0.4, 0.5) is 0 Å². The predicted molar refractivity (Wildman–Crippen MR) is 99.8 cm³/mol. The molecule has 4 heteroatoms. The highest BCUT2D eigenvalue weighted by molar-refractivity contribution is 5.73. The highest BCUT2D eigenvalue weighted by Crippen LogP contribution is 2.14. The second-order valence-corrected chi connectivity index (χ2v) is 6.64. The SMILES string of the molecule is CC(C)CCOc1ccc(CN[C@H](Cc2ccccc2)C(=O)O)cc1. The fourth-order valence-electron chi connectivity index (χ4n) is 2.45. The molecule has 2 aromatic rings. The lowest BCUT2D eigenvalue weighted by molar-refractivity contribution is -0.139. The maximum Gasteiger partial charge on any atom is 0.321 e. The van der Waals surface area contributed by atoms with Gasteiger partial charge in [0.1, 0.15) is 11.8 Å². The van der Waals surface area contributed by atoms with Gasteiger partial charge in [-0.05, 0) is 42.0 Å². The monoisotopic (exact) mass is 341 g/mol. The molecule has 0 heterocycles. The van der Waals surface area contributed by atoms with Crippen LogP contribution in [0.3, 0.4) is 0 Å². The highest BCUT2D eigenvalue weighted by Gasteiger charge is 2.17. The topological polar surface area (TPSA) is 58.6 Å². The lowest BCUT2D eigenvalue weighted by Crippen LogP contribution is -2.38. The summed E-state index contributed by atoms with van der Waals surface area (Å²) in [6, 6.07) is 16.9. The first-order valence-corrected chi connectivity index (χ1v) is 8.76. The Hall–Kier alpha value is -2.33. The van der Waals surface area contributed by atoms with Crippen molar-refractivity contribution in [2.24, 2.45) is 5.92 Å². The number of ether oxygens (including phenoxy) is 1. The minimum absolute atomic E-state index is 0.465. The minimum Gasteiger partial charge on any atom is -0.494 e. The van der Waals surface area contributed by atoms with Crippen molar-refractivity contribution in [3.8, 4) is 5.75 Å². The number of hydrogen-bond donors (Lipinski definition) is 2. The van der Waals surface area contributed by atoms with Gasteiger partial charge in [-0.3, -0.25) is 4.79 Å². The summed E-state index contributed by atoms with van der Waals surface area (Å²) in [5, 5.41) is 12.5. The molecule has 4 nitrogen and oxygen atoms in total. The summed E-state index contributed by atoms with van der Waals surface area (Å²) in [7, 11) is 0. The minimum atomic E-state index is -0.836. The molecule has 2 aromatic carbocycles. The summed E-state index contributed by atoms with van der Waals surface area (Å²) in [4.78, 5) is 11.5. The van der Waals surface area contributed by atoms with E-state index in [0.29, 0.717) is 25.5 Å². The molecule has 0 spiro atoms. The quantitative estimate of drug-likeness (QED) is 0.688. The number of rotatable bonds is 10. The van der Waals surface area contributed by atoms with Crippen LogP contribution < -0.4 is 10.1 Å². The Bertz CT molecular complexity index is 638. The van der Waals surface area contributed by atoms with E-state index in [2.05, 4.69) is 19.2 Å². The lowest BCUT2D eigenvalue weighted by atomic mass is 10.1. The van der Waals surface area contributed by atoms with Crippen LogP contribution in [0.15, 0.2) is 54.6 Å². The molecule has 0 fully saturated rings. The van der Waals surface area contributed by atoms with Gasteiger partial charge in [-0.15, -0.1) is 0 Å². The van der Waals surface area contributed by atoms with Crippen LogP contribution in [0, 0.1) is 5.92 Å². The normalized spacial score (nSPS) is 12.1. The zero-order chi connectivity index (χ0) is 18.1. The van der Waals surface area contributed by atoms with E-state index in [1.165, 1.54) is 0 Å². The van der Waals surface area contributed by atoms with Crippen molar-refractivity contribution >= 4 is 5.97 Å². The Kier molecular flexibility index (Phi) is 7.48. The van der Waals surface area contributed by atoms with Crippen LogP contribution in [0.25, 0.3) is 0 Å². The standard InChI is InChI=1S/C21H27NO3/c1-16(2)12-13-25-19-10-8-18(9-11-19)15-22-20(21(23)24)14-17-6-4-3-5-7-17/h3-11,16,20,22H,12-15H2,1-2H3,(H,23,24)/t20-/m1/s1. The van der Waals surface area contributed by atoms with Gasteiger partial charge in [0, 0.05) is 6.54 Å². The zero-order valence-electron chi connectivity index (χ0n) is 14.9. The van der Waals surface area contributed by atoms with Crippen LogP contribution in [0.5, 0.6) is 5.75 Å². The number of carboxylic acids is 1. The van der Waals surface area contributed by atoms with Gasteiger partial charge in [0.2, 0.25) is 0 Å². The van der Waals surface area contributed by atoms with Gasteiger partial charge in [-0.25, -0.2) is 0 Å². The van der Waals surface area contributed by atoms with Crippen molar-refractivity contribution in [3.05, 3.63) is 65.7 Å². The lowest BCUT2D eigenvalue weighted by Gasteiger charge is -2.15. The van der Waals surface area contributed by atoms with Gasteiger partial charge in [0.25, 0.3) is 0 Å². The molecule has 25 heavy (non-hydrogen) atoms. The van der Waals surface area contributed by atoms with Crippen LogP contribution in [0.1, 0.15) is 31.4 Å². The predicted octanol–water partition coefficient (Wildman–Crippen LogP) is 3.90. The van der Waals surface area contributed by atoms with Crippen molar-refractivity contribution in [1.29, 1.82) is 0 Å². The molecule has 0 radical (unpaired) electrons. The fraction of sp³-hybridized carbons (Fsp3) is 0.381. The summed E-state index contributed by atoms with van der Waals surface area (Å²) in [6.45, 7) is 5.57. The summed E-state index contributed by atoms with van der Waals surface area (Å²) >= 11 is 0. The summed E-state index contributed by atoms with van der Waals surface area (Å²) in [6.07, 6.45) is 1.50. The molecule has 0 saturated heterocycles. The van der Waals surface area contributed by atoms with E-state index in [0.717, 1.165) is 23.3 Å². The van der Waals surface area contributed by atoms with Gasteiger partial charge in [0.05, 0.1) is 6.61 Å². The Morgan fingerprint density at radius 1 is 1.04 bits per heavy atom. The van der Waals surface area contributed by atoms with E-state index >= 15 is 0 Å². The van der Waals surface area contributed by atoms with Gasteiger partial charge in [-0.2, -0.15) is 0 Å². The zero-order valence-corrected chi connectivity index (χ0v) is 14.9. The molecule has 0 bridgehead atoms. The third-order valence-electron chi connectivity index (χ3n) is 4.02. The molecule has 0 saturated carbocycles. The van der Waals surface area contributed by atoms with E-state index in [4.69, 9.17) is 4.74 Å². The largest absolute Gasteiger partial charge is 0.494 e. The second-order valence-electron chi connectivity index (χ2n) is 6.64. The van der Waals surface area contributed by atoms with E-state index in [1.54, 1.807) is 0 Å². The molecule has 0 unspecified atom stereocenters. The van der Waals surface area contributed by atoms with E-state index < -0.39 is 12.0 Å². The smallest absolute Gasteiger partial charge is 0.321 e. The number of nitrogens with one attached hydrogen (secondary N) is 1. The fourth-order valence-corrected chi connectivity index (χ4v) is 2.45. The van der Waals surface area contributed by atoms with Gasteiger partial charge >= 0.3 is 5.97 Å². The number of carbonyl (C=O) groups is 1. The molecule has 2 N–H and O–H groups in total. The van der Waals surface area contributed by atoms with Gasteiger partial charge < -0.3 is 15.2 Å². The third-order valence-corrected chi connectivity index (χ3v) is 4.02. The maximum atomic E-state index is 11.5. The Morgan fingerprint density at radius 3 is 2.32 bits per heavy atom. The Balaban J connectivity index is 1.84. The number of carboxylic acid groups (broad SMARTS) is 1. The summed E-state index contributed by atoms with van der Waals surface area (Å²) in [5.74, 6) is 0.641. The summed E-state index contributed by atoms with van der Waals surface area (Å²) in [5.41, 5.74) is 2.05. The van der Waals surface area contributed by atoms with Crippen LogP contribution >= 0.6 is 0 Å². The Labute approximate surface area is 149 Å². The molecule has 0 aliphatic carbocycles. The molecule has 1 atom stereocenters. The van der Waals surface area contributed by atoms with E-state index in [1.807, 2.05) is 54.6 Å². The van der Waals surface area contributed by atoms with Gasteiger partial charge in [-0.1, -0.05) is 56.3 Å². The van der Waals surface area contributed by atoms with Crippen molar-refractivity contribution in [2.75, 3.05) is 6.61 Å². The average Bonchev–Trinajstić information content (AvgIpc) is 2.60. The average molecular weight is 341 g/mol. The molecule has 134 valence electrons. The number of benzene rings is 2. The molecule has 0 aromatic heterocycles. The van der Waals surface area contributed by atoms with Crippen molar-refractivity contribution in [3.63, 3.8) is 0 Å². The van der Waals surface area contributed by atoms with E-state index in [9.17, 15) is 9.90 Å². The number of hydrogen-bond acceptors (Lipinski definition) is 3. The van der Waals surface area contributed by atoms with E-state index in [-0.39, 0.29) is 0 Å². The first-order valence-electron chi connectivity index (χ1n) is 8.76. The molecule has 0 aliphatic rings. The highest BCUT2D eigenvalue weighted by atomic mass is 16.5. The van der Waals surface area contributed by atoms with Crippen molar-refractivity contribution in [1.82, 2.24) is 5.32 Å². The second kappa shape index (κ2) is 9.84. The van der Waals surface area contributed by atoms with Crippen LogP contribution in [0.2, 0.25) is 0 Å². The Morgan fingerprint density at radius 2 is 1.72 bits per heavy atom. The molecular formula is C21H27NO3. The van der Waals surface area contributed by atoms with Crippen molar-refractivity contribution in [2.45, 2.75) is 39.3 Å². The molecular weight excluding hydrogens is 314 g/mol.